The molecule has 0 aliphatic heterocycles. The number of carboxylic acid groups (broad SMARTS) is 1. The van der Waals surface area contributed by atoms with E-state index in [1.165, 1.54) is 0 Å². The number of hydrogen-bond acceptors (Lipinski definition) is 3. The Balaban J connectivity index is 2.82. The maximum absolute atomic E-state index is 10.8. The molecule has 0 radical (unpaired) electrons. The van der Waals surface area contributed by atoms with Crippen molar-refractivity contribution in [1.82, 2.24) is 14.6 Å². The van der Waals surface area contributed by atoms with Crippen LogP contribution in [0, 0.1) is 13.8 Å². The highest BCUT2D eigenvalue weighted by Crippen LogP contribution is 2.14. The molecule has 72 valence electrons. The first-order chi connectivity index (χ1) is 6.61. The summed E-state index contributed by atoms with van der Waals surface area (Å²) in [4.78, 5) is 10.8. The van der Waals surface area contributed by atoms with Crippen molar-refractivity contribution in [3.63, 3.8) is 0 Å². The van der Waals surface area contributed by atoms with Crippen molar-refractivity contribution in [1.29, 1.82) is 0 Å². The number of carbonyl (C=O) groups is 1. The Labute approximate surface area is 80.0 Å². The summed E-state index contributed by atoms with van der Waals surface area (Å²) < 4.78 is 1.77. The molecule has 2 heterocycles. The molecule has 0 saturated heterocycles. The van der Waals surface area contributed by atoms with Crippen LogP contribution in [0.15, 0.2) is 12.3 Å². The summed E-state index contributed by atoms with van der Waals surface area (Å²) in [6, 6.07) is 1.56. The quantitative estimate of drug-likeness (QED) is 0.731. The van der Waals surface area contributed by atoms with E-state index in [2.05, 4.69) is 10.2 Å². The van der Waals surface area contributed by atoms with Gasteiger partial charge in [0.2, 0.25) is 0 Å². The van der Waals surface area contributed by atoms with Gasteiger partial charge in [-0.1, -0.05) is 0 Å². The monoisotopic (exact) mass is 191 g/mol. The van der Waals surface area contributed by atoms with Gasteiger partial charge in [-0.2, -0.15) is 0 Å². The highest BCUT2D eigenvalue weighted by molar-refractivity contribution is 5.91. The number of nitrogens with zero attached hydrogens (tertiary/aromatic N) is 3. The van der Waals surface area contributed by atoms with Crippen LogP contribution in [-0.2, 0) is 0 Å². The third-order valence-electron chi connectivity index (χ3n) is 2.23. The molecule has 0 fully saturated rings. The summed E-state index contributed by atoms with van der Waals surface area (Å²) in [5.74, 6) is -0.189. The number of fused-ring (bicyclic) bond motifs is 1. The number of aryl methyl sites for hydroxylation is 2. The summed E-state index contributed by atoms with van der Waals surface area (Å²) in [6.07, 6.45) is 1.67. The molecular formula is C9H9N3O2. The third-order valence-corrected chi connectivity index (χ3v) is 2.23. The highest BCUT2D eigenvalue weighted by atomic mass is 16.4. The Kier molecular flexibility index (Phi) is 1.73. The minimum atomic E-state index is -0.939. The van der Waals surface area contributed by atoms with Crippen LogP contribution in [0.2, 0.25) is 0 Å². The molecule has 0 bridgehead atoms. The lowest BCUT2D eigenvalue weighted by molar-refractivity contribution is 0.0696. The van der Waals surface area contributed by atoms with Gasteiger partial charge in [0.05, 0.1) is 5.56 Å². The van der Waals surface area contributed by atoms with Crippen LogP contribution in [0.4, 0.5) is 0 Å². The molecule has 14 heavy (non-hydrogen) atoms. The fourth-order valence-corrected chi connectivity index (χ4v) is 1.43. The third kappa shape index (κ3) is 1.06. The molecule has 0 amide bonds. The summed E-state index contributed by atoms with van der Waals surface area (Å²) in [6.45, 7) is 3.55. The van der Waals surface area contributed by atoms with E-state index in [4.69, 9.17) is 5.11 Å². The summed E-state index contributed by atoms with van der Waals surface area (Å²) in [5.41, 5.74) is 1.51. The summed E-state index contributed by atoms with van der Waals surface area (Å²) in [5, 5.41) is 16.7. The van der Waals surface area contributed by atoms with Crippen molar-refractivity contribution in [2.24, 2.45) is 0 Å². The molecule has 0 saturated carbocycles. The Morgan fingerprint density at radius 1 is 1.43 bits per heavy atom. The summed E-state index contributed by atoms with van der Waals surface area (Å²) >= 11 is 0. The lowest BCUT2D eigenvalue weighted by atomic mass is 10.1. The normalized spacial score (nSPS) is 10.7. The van der Waals surface area contributed by atoms with Crippen molar-refractivity contribution >= 4 is 11.6 Å². The molecule has 0 aliphatic carbocycles. The van der Waals surface area contributed by atoms with Gasteiger partial charge in [-0.3, -0.25) is 4.40 Å². The molecule has 0 aromatic carbocycles. The average molecular weight is 191 g/mol. The number of aromatic nitrogens is 3. The second-order valence-corrected chi connectivity index (χ2v) is 3.10. The van der Waals surface area contributed by atoms with Gasteiger partial charge in [-0.25, -0.2) is 4.79 Å². The van der Waals surface area contributed by atoms with E-state index >= 15 is 0 Å². The zero-order chi connectivity index (χ0) is 10.3. The second-order valence-electron chi connectivity index (χ2n) is 3.10. The van der Waals surface area contributed by atoms with Crippen molar-refractivity contribution in [2.45, 2.75) is 13.8 Å². The fraction of sp³-hybridized carbons (Fsp3) is 0.222. The number of pyridine rings is 1. The van der Waals surface area contributed by atoms with Crippen LogP contribution in [-0.4, -0.2) is 25.7 Å². The molecule has 0 atom stereocenters. The second kappa shape index (κ2) is 2.80. The van der Waals surface area contributed by atoms with Crippen LogP contribution in [0.25, 0.3) is 5.65 Å². The number of aromatic carboxylic acids is 1. The Hall–Kier alpha value is -1.91. The number of rotatable bonds is 1. The van der Waals surface area contributed by atoms with Crippen molar-refractivity contribution in [3.8, 4) is 0 Å². The SMILES string of the molecule is Cc1c(C(=O)O)ccn2c(C)nnc12. The van der Waals surface area contributed by atoms with E-state index in [-0.39, 0.29) is 5.56 Å². The molecule has 5 nitrogen and oxygen atoms in total. The van der Waals surface area contributed by atoms with Gasteiger partial charge >= 0.3 is 5.97 Å². The van der Waals surface area contributed by atoms with E-state index in [9.17, 15) is 4.79 Å². The van der Waals surface area contributed by atoms with Crippen LogP contribution >= 0.6 is 0 Å². The minimum absolute atomic E-state index is 0.268. The van der Waals surface area contributed by atoms with E-state index in [0.29, 0.717) is 11.2 Å². The van der Waals surface area contributed by atoms with Gasteiger partial charge in [0.25, 0.3) is 0 Å². The van der Waals surface area contributed by atoms with Gasteiger partial charge in [0, 0.05) is 11.8 Å². The van der Waals surface area contributed by atoms with Crippen LogP contribution in [0.1, 0.15) is 21.7 Å². The van der Waals surface area contributed by atoms with Crippen LogP contribution in [0.5, 0.6) is 0 Å². The highest BCUT2D eigenvalue weighted by Gasteiger charge is 2.12. The zero-order valence-corrected chi connectivity index (χ0v) is 7.85. The molecule has 0 spiro atoms. The topological polar surface area (TPSA) is 67.5 Å². The van der Waals surface area contributed by atoms with E-state index < -0.39 is 5.97 Å². The number of carboxylic acids is 1. The predicted octanol–water partition coefficient (Wildman–Crippen LogP) is 1.04. The molecule has 5 heteroatoms. The van der Waals surface area contributed by atoms with Gasteiger partial charge in [-0.05, 0) is 19.9 Å². The molecule has 2 aromatic rings. The molecule has 0 aliphatic rings. The van der Waals surface area contributed by atoms with Crippen molar-refractivity contribution in [2.75, 3.05) is 0 Å². The van der Waals surface area contributed by atoms with Gasteiger partial charge in [-0.15, -0.1) is 10.2 Å². The largest absolute Gasteiger partial charge is 0.478 e. The smallest absolute Gasteiger partial charge is 0.336 e. The summed E-state index contributed by atoms with van der Waals surface area (Å²) in [7, 11) is 0. The minimum Gasteiger partial charge on any atom is -0.478 e. The molecule has 2 aromatic heterocycles. The first-order valence-corrected chi connectivity index (χ1v) is 4.15. The van der Waals surface area contributed by atoms with Gasteiger partial charge in [0.1, 0.15) is 5.82 Å². The van der Waals surface area contributed by atoms with Crippen LogP contribution in [0.3, 0.4) is 0 Å². The molecular weight excluding hydrogens is 182 g/mol. The maximum Gasteiger partial charge on any atom is 0.336 e. The predicted molar refractivity (Wildman–Crippen MR) is 49.4 cm³/mol. The van der Waals surface area contributed by atoms with E-state index in [1.807, 2.05) is 6.92 Å². The lowest BCUT2D eigenvalue weighted by Gasteiger charge is -2.01. The molecule has 2 rings (SSSR count). The van der Waals surface area contributed by atoms with Crippen molar-refractivity contribution < 1.29 is 9.90 Å². The Morgan fingerprint density at radius 3 is 2.79 bits per heavy atom. The van der Waals surface area contributed by atoms with Gasteiger partial charge < -0.3 is 5.11 Å². The Morgan fingerprint density at radius 2 is 2.14 bits per heavy atom. The van der Waals surface area contributed by atoms with Crippen LogP contribution < -0.4 is 0 Å². The lowest BCUT2D eigenvalue weighted by Crippen LogP contribution is -2.02. The first-order valence-electron chi connectivity index (χ1n) is 4.15. The van der Waals surface area contributed by atoms with Crippen molar-refractivity contribution in [3.05, 3.63) is 29.2 Å². The standard InChI is InChI=1S/C9H9N3O2/c1-5-7(9(13)14)3-4-12-6(2)10-11-8(5)12/h3-4H,1-2H3,(H,13,14). The van der Waals surface area contributed by atoms with E-state index in [1.54, 1.807) is 23.6 Å². The van der Waals surface area contributed by atoms with E-state index in [0.717, 1.165) is 5.82 Å². The molecule has 0 unspecified atom stereocenters. The number of hydrogen-bond donors (Lipinski definition) is 1. The Bertz CT molecular complexity index is 516. The first kappa shape index (κ1) is 8.68. The van der Waals surface area contributed by atoms with Gasteiger partial charge in [0.15, 0.2) is 5.65 Å². The fourth-order valence-electron chi connectivity index (χ4n) is 1.43. The molecule has 1 N–H and O–H groups in total. The maximum atomic E-state index is 10.8. The average Bonchev–Trinajstić information content (AvgIpc) is 2.49. The zero-order valence-electron chi connectivity index (χ0n) is 7.85.